The van der Waals surface area contributed by atoms with Crippen molar-refractivity contribution in [1.82, 2.24) is 15.5 Å². The monoisotopic (exact) mass is 445 g/mol. The molecule has 2 aliphatic rings. The molecule has 0 aromatic heterocycles. The third-order valence-electron chi connectivity index (χ3n) is 6.54. The number of hydrogen-bond donors (Lipinski definition) is 2. The number of carbonyl (C=O) groups is 1. The molecule has 1 atom stereocenters. The van der Waals surface area contributed by atoms with Gasteiger partial charge in [-0.3, -0.25) is 9.79 Å². The van der Waals surface area contributed by atoms with E-state index >= 15 is 0 Å². The molecule has 1 saturated carbocycles. The Bertz CT molecular complexity index is 783. The van der Waals surface area contributed by atoms with Crippen LogP contribution in [0.15, 0.2) is 23.2 Å². The summed E-state index contributed by atoms with van der Waals surface area (Å²) < 4.78 is 10.8. The summed E-state index contributed by atoms with van der Waals surface area (Å²) in [6.45, 7) is 5.18. The first-order valence-corrected chi connectivity index (χ1v) is 11.7. The van der Waals surface area contributed by atoms with Crippen molar-refractivity contribution in [1.29, 1.82) is 0 Å². The molecule has 0 bridgehead atoms. The highest BCUT2D eigenvalue weighted by Crippen LogP contribution is 2.39. The van der Waals surface area contributed by atoms with Gasteiger partial charge in [-0.05, 0) is 26.2 Å². The van der Waals surface area contributed by atoms with E-state index in [2.05, 4.69) is 22.5 Å². The molecule has 2 fully saturated rings. The number of hydrogen-bond acceptors (Lipinski definition) is 5. The molecular weight excluding hydrogens is 406 g/mol. The fraction of sp³-hybridized carbons (Fsp3) is 0.667. The zero-order chi connectivity index (χ0) is 23.1. The minimum Gasteiger partial charge on any atom is -0.497 e. The smallest absolute Gasteiger partial charge is 0.230 e. The van der Waals surface area contributed by atoms with Gasteiger partial charge in [0.05, 0.1) is 26.2 Å². The number of nitrogens with zero attached hydrogens (tertiary/aromatic N) is 3. The molecule has 1 heterocycles. The molecule has 1 aromatic carbocycles. The number of rotatable bonds is 8. The molecule has 1 aromatic rings. The van der Waals surface area contributed by atoms with Crippen LogP contribution in [-0.4, -0.2) is 77.3 Å². The number of guanidine groups is 1. The SMILES string of the molecule is CCNC(=NCC1(C(=O)N(C)C)CCCC1)NC1CCN(c2cc(OC)cc(OC)c2)C1. The number of methoxy groups -OCH3 is 2. The summed E-state index contributed by atoms with van der Waals surface area (Å²) in [6.07, 6.45) is 5.04. The van der Waals surface area contributed by atoms with E-state index in [4.69, 9.17) is 14.5 Å². The van der Waals surface area contributed by atoms with Crippen LogP contribution in [0.4, 0.5) is 5.69 Å². The van der Waals surface area contributed by atoms with E-state index in [0.29, 0.717) is 6.54 Å². The summed E-state index contributed by atoms with van der Waals surface area (Å²) >= 11 is 0. The van der Waals surface area contributed by atoms with Crippen molar-refractivity contribution in [2.24, 2.45) is 10.4 Å². The molecule has 2 N–H and O–H groups in total. The lowest BCUT2D eigenvalue weighted by atomic mass is 9.85. The summed E-state index contributed by atoms with van der Waals surface area (Å²) in [5, 5.41) is 6.96. The Morgan fingerprint density at radius 2 is 1.84 bits per heavy atom. The van der Waals surface area contributed by atoms with Crippen molar-refractivity contribution in [3.8, 4) is 11.5 Å². The summed E-state index contributed by atoms with van der Waals surface area (Å²) in [5.74, 6) is 2.57. The van der Waals surface area contributed by atoms with Crippen molar-refractivity contribution in [2.75, 3.05) is 59.4 Å². The van der Waals surface area contributed by atoms with Crippen LogP contribution in [0, 0.1) is 5.41 Å². The number of carbonyl (C=O) groups excluding carboxylic acids is 1. The Balaban J connectivity index is 1.67. The second-order valence-corrected chi connectivity index (χ2v) is 9.03. The molecular formula is C24H39N5O3. The predicted molar refractivity (Wildman–Crippen MR) is 129 cm³/mol. The van der Waals surface area contributed by atoms with Gasteiger partial charge in [0.2, 0.25) is 5.91 Å². The summed E-state index contributed by atoms with van der Waals surface area (Å²) in [5.41, 5.74) is 0.735. The molecule has 1 unspecified atom stereocenters. The lowest BCUT2D eigenvalue weighted by Gasteiger charge is -2.29. The van der Waals surface area contributed by atoms with Gasteiger partial charge in [-0.1, -0.05) is 12.8 Å². The van der Waals surface area contributed by atoms with Crippen molar-refractivity contribution in [3.05, 3.63) is 18.2 Å². The van der Waals surface area contributed by atoms with E-state index in [0.717, 1.165) is 74.9 Å². The van der Waals surface area contributed by atoms with Crippen molar-refractivity contribution >= 4 is 17.6 Å². The molecule has 3 rings (SSSR count). The fourth-order valence-corrected chi connectivity index (χ4v) is 4.80. The molecule has 1 aliphatic heterocycles. The molecule has 1 amide bonds. The average Bonchev–Trinajstić information content (AvgIpc) is 3.47. The van der Waals surface area contributed by atoms with Crippen LogP contribution in [0.3, 0.4) is 0 Å². The molecule has 0 spiro atoms. The number of ether oxygens (including phenoxy) is 2. The Morgan fingerprint density at radius 1 is 1.19 bits per heavy atom. The maximum atomic E-state index is 12.9. The first-order chi connectivity index (χ1) is 15.4. The average molecular weight is 446 g/mol. The Kier molecular flexibility index (Phi) is 8.10. The Labute approximate surface area is 192 Å². The zero-order valence-corrected chi connectivity index (χ0v) is 20.2. The first-order valence-electron chi connectivity index (χ1n) is 11.7. The maximum absolute atomic E-state index is 12.9. The first kappa shape index (κ1) is 24.0. The van der Waals surface area contributed by atoms with Gasteiger partial charge in [-0.15, -0.1) is 0 Å². The highest BCUT2D eigenvalue weighted by molar-refractivity contribution is 5.84. The Morgan fingerprint density at radius 3 is 2.41 bits per heavy atom. The topological polar surface area (TPSA) is 78.4 Å². The van der Waals surface area contributed by atoms with Crippen LogP contribution < -0.4 is 25.0 Å². The third-order valence-corrected chi connectivity index (χ3v) is 6.54. The van der Waals surface area contributed by atoms with Gasteiger partial charge >= 0.3 is 0 Å². The molecule has 1 saturated heterocycles. The minimum atomic E-state index is -0.356. The predicted octanol–water partition coefficient (Wildman–Crippen LogP) is 2.49. The maximum Gasteiger partial charge on any atom is 0.230 e. The van der Waals surface area contributed by atoms with E-state index in [9.17, 15) is 4.79 Å². The molecule has 8 nitrogen and oxygen atoms in total. The zero-order valence-electron chi connectivity index (χ0n) is 20.2. The normalized spacial score (nSPS) is 20.2. The van der Waals surface area contributed by atoms with Crippen LogP contribution >= 0.6 is 0 Å². The van der Waals surface area contributed by atoms with Gasteiger partial charge in [0.25, 0.3) is 0 Å². The minimum absolute atomic E-state index is 0.202. The van der Waals surface area contributed by atoms with Crippen LogP contribution in [0.5, 0.6) is 11.5 Å². The number of benzene rings is 1. The molecule has 1 aliphatic carbocycles. The van der Waals surface area contributed by atoms with Crippen LogP contribution in [-0.2, 0) is 4.79 Å². The fourth-order valence-electron chi connectivity index (χ4n) is 4.80. The van der Waals surface area contributed by atoms with E-state index in [1.807, 2.05) is 32.3 Å². The molecule has 32 heavy (non-hydrogen) atoms. The highest BCUT2D eigenvalue weighted by Gasteiger charge is 2.42. The van der Waals surface area contributed by atoms with Gasteiger partial charge in [0, 0.05) is 63.7 Å². The van der Waals surface area contributed by atoms with E-state index in [-0.39, 0.29) is 17.4 Å². The molecule has 8 heteroatoms. The van der Waals surface area contributed by atoms with Crippen molar-refractivity contribution < 1.29 is 14.3 Å². The van der Waals surface area contributed by atoms with Gasteiger partial charge in [0.1, 0.15) is 11.5 Å². The lowest BCUT2D eigenvalue weighted by molar-refractivity contribution is -0.138. The second kappa shape index (κ2) is 10.8. The Hall–Kier alpha value is -2.64. The highest BCUT2D eigenvalue weighted by atomic mass is 16.5. The third kappa shape index (κ3) is 5.58. The number of amides is 1. The summed E-state index contributed by atoms with van der Waals surface area (Å²) in [7, 11) is 7.03. The standard InChI is InChI=1S/C24H39N5O3/c1-6-25-23(26-17-24(10-7-8-11-24)22(30)28(2)3)27-18-9-12-29(16-18)19-13-20(31-4)15-21(14-19)32-5/h13-15,18H,6-12,16-17H2,1-5H3,(H2,25,26,27). The van der Waals surface area contributed by atoms with Gasteiger partial charge < -0.3 is 29.9 Å². The summed E-state index contributed by atoms with van der Waals surface area (Å²) in [4.78, 5) is 21.8. The largest absolute Gasteiger partial charge is 0.497 e. The molecule has 0 radical (unpaired) electrons. The van der Waals surface area contributed by atoms with Crippen molar-refractivity contribution in [2.45, 2.75) is 45.1 Å². The molecule has 178 valence electrons. The van der Waals surface area contributed by atoms with Crippen LogP contribution in [0.1, 0.15) is 39.0 Å². The lowest BCUT2D eigenvalue weighted by Crippen LogP contribution is -2.46. The number of anilines is 1. The quantitative estimate of drug-likeness (QED) is 0.473. The van der Waals surface area contributed by atoms with Gasteiger partial charge in [-0.25, -0.2) is 0 Å². The van der Waals surface area contributed by atoms with Crippen LogP contribution in [0.25, 0.3) is 0 Å². The van der Waals surface area contributed by atoms with Gasteiger partial charge in [-0.2, -0.15) is 0 Å². The van der Waals surface area contributed by atoms with E-state index < -0.39 is 0 Å². The van der Waals surface area contributed by atoms with Crippen molar-refractivity contribution in [3.63, 3.8) is 0 Å². The van der Waals surface area contributed by atoms with Crippen LogP contribution in [0.2, 0.25) is 0 Å². The number of nitrogens with one attached hydrogen (secondary N) is 2. The van der Waals surface area contributed by atoms with E-state index in [1.165, 1.54) is 0 Å². The second-order valence-electron chi connectivity index (χ2n) is 9.03. The number of aliphatic imine (C=N–C) groups is 1. The van der Waals surface area contributed by atoms with E-state index in [1.54, 1.807) is 19.1 Å². The summed E-state index contributed by atoms with van der Waals surface area (Å²) in [6, 6.07) is 6.25. The van der Waals surface area contributed by atoms with Gasteiger partial charge in [0.15, 0.2) is 5.96 Å².